The van der Waals surface area contributed by atoms with Gasteiger partial charge in [-0.25, -0.2) is 9.18 Å². The van der Waals surface area contributed by atoms with E-state index in [4.69, 9.17) is 15.5 Å². The van der Waals surface area contributed by atoms with Crippen molar-refractivity contribution < 1.29 is 13.9 Å². The zero-order valence-electron chi connectivity index (χ0n) is 16.1. The summed E-state index contributed by atoms with van der Waals surface area (Å²) in [5.41, 5.74) is 10.0. The van der Waals surface area contributed by atoms with E-state index in [2.05, 4.69) is 4.90 Å². The molecule has 6 heteroatoms. The molecule has 0 fully saturated rings. The highest BCUT2D eigenvalue weighted by Gasteiger charge is 2.23. The van der Waals surface area contributed by atoms with E-state index < -0.39 is 0 Å². The van der Waals surface area contributed by atoms with Crippen LogP contribution in [-0.4, -0.2) is 43.3 Å². The predicted molar refractivity (Wildman–Crippen MR) is 108 cm³/mol. The van der Waals surface area contributed by atoms with Crippen LogP contribution < -0.4 is 5.73 Å². The molecule has 2 N–H and O–H groups in total. The monoisotopic (exact) mass is 381 g/mol. The van der Waals surface area contributed by atoms with Crippen LogP contribution in [0.5, 0.6) is 0 Å². The molecular formula is C22H24FN3O2. The molecule has 3 rings (SSSR count). The molecule has 0 amide bonds. The van der Waals surface area contributed by atoms with Gasteiger partial charge in [-0.2, -0.15) is 0 Å². The molecule has 0 unspecified atom stereocenters. The van der Waals surface area contributed by atoms with Crippen molar-refractivity contribution in [1.29, 1.82) is 0 Å². The maximum atomic E-state index is 14.5. The highest BCUT2D eigenvalue weighted by atomic mass is 19.1. The van der Waals surface area contributed by atoms with E-state index in [9.17, 15) is 9.18 Å². The quantitative estimate of drug-likeness (QED) is 0.617. The molecule has 2 aromatic rings. The van der Waals surface area contributed by atoms with Gasteiger partial charge in [-0.3, -0.25) is 9.89 Å². The average molecular weight is 381 g/mol. The third kappa shape index (κ3) is 4.46. The fraction of sp³-hybridized carbons (Fsp3) is 0.273. The largest absolute Gasteiger partial charge is 0.462 e. The van der Waals surface area contributed by atoms with E-state index in [0.717, 1.165) is 11.1 Å². The molecule has 1 heterocycles. The van der Waals surface area contributed by atoms with Crippen LogP contribution in [0, 0.1) is 5.82 Å². The van der Waals surface area contributed by atoms with Crippen LogP contribution in [-0.2, 0) is 11.3 Å². The number of carbonyl (C=O) groups is 1. The van der Waals surface area contributed by atoms with Crippen LogP contribution >= 0.6 is 0 Å². The number of aliphatic imine (C=N–C) groups is 1. The van der Waals surface area contributed by atoms with E-state index in [1.165, 1.54) is 6.07 Å². The number of esters is 1. The number of hydrogen-bond acceptors (Lipinski definition) is 5. The molecule has 0 saturated heterocycles. The van der Waals surface area contributed by atoms with E-state index in [0.29, 0.717) is 48.8 Å². The lowest BCUT2D eigenvalue weighted by Gasteiger charge is -2.12. The number of likely N-dealkylation sites (N-methyl/N-ethyl adjacent to an activating group) is 1. The van der Waals surface area contributed by atoms with Crippen LogP contribution in [0.3, 0.4) is 0 Å². The number of nitrogens with two attached hydrogens (primary N) is 1. The van der Waals surface area contributed by atoms with E-state index >= 15 is 0 Å². The van der Waals surface area contributed by atoms with Crippen LogP contribution in [0.15, 0.2) is 64.8 Å². The van der Waals surface area contributed by atoms with Crippen molar-refractivity contribution in [3.8, 4) is 0 Å². The number of carbonyl (C=O) groups excluding carboxylic acids is 1. The van der Waals surface area contributed by atoms with Gasteiger partial charge in [0.25, 0.3) is 0 Å². The Balaban J connectivity index is 1.95. The lowest BCUT2D eigenvalue weighted by molar-refractivity contribution is 0.0526. The maximum Gasteiger partial charge on any atom is 0.338 e. The molecule has 0 radical (unpaired) electrons. The first-order chi connectivity index (χ1) is 13.5. The molecule has 0 atom stereocenters. The zero-order chi connectivity index (χ0) is 20.1. The van der Waals surface area contributed by atoms with Crippen molar-refractivity contribution in [2.45, 2.75) is 13.5 Å². The fourth-order valence-electron chi connectivity index (χ4n) is 3.22. The smallest absolute Gasteiger partial charge is 0.338 e. The number of nitrogens with zero attached hydrogens (tertiary/aromatic N) is 2. The number of ether oxygens (including phenoxy) is 1. The first-order valence-electron chi connectivity index (χ1n) is 9.21. The Morgan fingerprint density at radius 1 is 1.21 bits per heavy atom. The molecule has 0 saturated carbocycles. The van der Waals surface area contributed by atoms with Crippen molar-refractivity contribution in [1.82, 2.24) is 4.90 Å². The van der Waals surface area contributed by atoms with Crippen LogP contribution in [0.4, 0.5) is 4.39 Å². The van der Waals surface area contributed by atoms with Gasteiger partial charge in [-0.15, -0.1) is 0 Å². The second kappa shape index (κ2) is 8.80. The van der Waals surface area contributed by atoms with Crippen LogP contribution in [0.25, 0.3) is 0 Å². The Bertz CT molecular complexity index is 937. The van der Waals surface area contributed by atoms with Gasteiger partial charge in [0, 0.05) is 29.9 Å². The van der Waals surface area contributed by atoms with Crippen molar-refractivity contribution in [2.75, 3.05) is 26.7 Å². The minimum absolute atomic E-state index is 0.303. The molecule has 0 aromatic heterocycles. The summed E-state index contributed by atoms with van der Waals surface area (Å²) in [5, 5.41) is 0. The number of halogens is 1. The van der Waals surface area contributed by atoms with Gasteiger partial charge in [-0.1, -0.05) is 24.3 Å². The summed E-state index contributed by atoms with van der Waals surface area (Å²) in [5.74, 6) is -0.705. The summed E-state index contributed by atoms with van der Waals surface area (Å²) in [6, 6.07) is 13.7. The minimum Gasteiger partial charge on any atom is -0.462 e. The zero-order valence-corrected chi connectivity index (χ0v) is 16.1. The summed E-state index contributed by atoms with van der Waals surface area (Å²) in [7, 11) is 1.96. The molecule has 5 nitrogen and oxygen atoms in total. The van der Waals surface area contributed by atoms with Gasteiger partial charge in [0.15, 0.2) is 0 Å². The first kappa shape index (κ1) is 19.8. The summed E-state index contributed by atoms with van der Waals surface area (Å²) in [4.78, 5) is 18.7. The third-order valence-corrected chi connectivity index (χ3v) is 4.53. The Kier molecular flexibility index (Phi) is 6.21. The van der Waals surface area contributed by atoms with Crippen LogP contribution in [0.2, 0.25) is 0 Å². The highest BCUT2D eigenvalue weighted by molar-refractivity contribution is 6.13. The van der Waals surface area contributed by atoms with Gasteiger partial charge in [0.2, 0.25) is 0 Å². The normalized spacial score (nSPS) is 15.2. The molecule has 0 bridgehead atoms. The summed E-state index contributed by atoms with van der Waals surface area (Å²) in [6.45, 7) is 3.63. The predicted octanol–water partition coefficient (Wildman–Crippen LogP) is 3.15. The van der Waals surface area contributed by atoms with Gasteiger partial charge in [-0.05, 0) is 43.8 Å². The average Bonchev–Trinajstić information content (AvgIpc) is 3.02. The first-order valence-corrected chi connectivity index (χ1v) is 9.21. The van der Waals surface area contributed by atoms with E-state index in [1.807, 2.05) is 13.1 Å². The Morgan fingerprint density at radius 3 is 2.68 bits per heavy atom. The SMILES string of the molecule is CCOC(=O)c1cccc(CN=C(C2=C(N)CN(C)C2)c2ccccc2F)c1. The summed E-state index contributed by atoms with van der Waals surface area (Å²) < 4.78 is 19.5. The molecular weight excluding hydrogens is 357 g/mol. The highest BCUT2D eigenvalue weighted by Crippen LogP contribution is 2.21. The molecule has 146 valence electrons. The summed E-state index contributed by atoms with van der Waals surface area (Å²) in [6.07, 6.45) is 0. The van der Waals surface area contributed by atoms with Gasteiger partial charge in [0.05, 0.1) is 24.4 Å². The number of rotatable bonds is 6. The fourth-order valence-corrected chi connectivity index (χ4v) is 3.22. The molecule has 1 aliphatic heterocycles. The van der Waals surface area contributed by atoms with E-state index in [-0.39, 0.29) is 11.8 Å². The van der Waals surface area contributed by atoms with Crippen LogP contribution in [0.1, 0.15) is 28.4 Å². The lowest BCUT2D eigenvalue weighted by Crippen LogP contribution is -2.18. The molecule has 1 aliphatic rings. The molecule has 0 spiro atoms. The molecule has 28 heavy (non-hydrogen) atoms. The summed E-state index contributed by atoms with van der Waals surface area (Å²) >= 11 is 0. The molecule has 2 aromatic carbocycles. The Labute approximate surface area is 164 Å². The van der Waals surface area contributed by atoms with Gasteiger partial charge < -0.3 is 10.5 Å². The number of benzene rings is 2. The maximum absolute atomic E-state index is 14.5. The van der Waals surface area contributed by atoms with Crippen molar-refractivity contribution in [3.63, 3.8) is 0 Å². The van der Waals surface area contributed by atoms with Gasteiger partial charge in [0.1, 0.15) is 5.82 Å². The second-order valence-electron chi connectivity index (χ2n) is 6.74. The topological polar surface area (TPSA) is 67.9 Å². The Hall–Kier alpha value is -2.99. The standard InChI is InChI=1S/C22H24FN3O2/c1-3-28-22(27)16-8-6-7-15(11-16)12-25-21(17-9-4-5-10-19(17)23)18-13-26(2)14-20(18)24/h4-11H,3,12-14,24H2,1-2H3. The van der Waals surface area contributed by atoms with Crippen molar-refractivity contribution >= 4 is 11.7 Å². The van der Waals surface area contributed by atoms with Crippen molar-refractivity contribution in [3.05, 3.63) is 82.3 Å². The van der Waals surface area contributed by atoms with E-state index in [1.54, 1.807) is 43.3 Å². The lowest BCUT2D eigenvalue weighted by atomic mass is 10.0. The van der Waals surface area contributed by atoms with Gasteiger partial charge >= 0.3 is 5.97 Å². The third-order valence-electron chi connectivity index (χ3n) is 4.53. The molecule has 0 aliphatic carbocycles. The minimum atomic E-state index is -0.368. The Morgan fingerprint density at radius 2 is 2.00 bits per heavy atom. The number of hydrogen-bond donors (Lipinski definition) is 1. The van der Waals surface area contributed by atoms with Crippen molar-refractivity contribution in [2.24, 2.45) is 10.7 Å². The second-order valence-corrected chi connectivity index (χ2v) is 6.74.